The predicted octanol–water partition coefficient (Wildman–Crippen LogP) is 2.24. The zero-order valence-electron chi connectivity index (χ0n) is 9.74. The van der Waals surface area contributed by atoms with Crippen LogP contribution in [0.1, 0.15) is 19.7 Å². The number of methoxy groups -OCH3 is 1. The van der Waals surface area contributed by atoms with Crippen molar-refractivity contribution in [2.24, 2.45) is 0 Å². The number of rotatable bonds is 3. The SMILES string of the molecule is COC(C)(C)Cc1nc2ccc(O)cc2[nH]1. The van der Waals surface area contributed by atoms with Gasteiger partial charge in [-0.15, -0.1) is 0 Å². The first-order chi connectivity index (χ1) is 7.50. The molecule has 4 nitrogen and oxygen atoms in total. The first-order valence-electron chi connectivity index (χ1n) is 5.23. The molecule has 4 heteroatoms. The largest absolute Gasteiger partial charge is 0.508 e. The molecule has 0 unspecified atom stereocenters. The Morgan fingerprint density at radius 3 is 2.88 bits per heavy atom. The van der Waals surface area contributed by atoms with E-state index in [0.717, 1.165) is 16.9 Å². The van der Waals surface area contributed by atoms with E-state index in [1.54, 1.807) is 25.3 Å². The number of nitrogens with zero attached hydrogens (tertiary/aromatic N) is 1. The molecule has 1 heterocycles. The molecule has 86 valence electrons. The summed E-state index contributed by atoms with van der Waals surface area (Å²) in [5.41, 5.74) is 1.47. The summed E-state index contributed by atoms with van der Waals surface area (Å²) >= 11 is 0. The Labute approximate surface area is 94.3 Å². The van der Waals surface area contributed by atoms with Gasteiger partial charge in [0.2, 0.25) is 0 Å². The zero-order valence-corrected chi connectivity index (χ0v) is 9.74. The van der Waals surface area contributed by atoms with Crippen molar-refractivity contribution in [2.45, 2.75) is 25.9 Å². The van der Waals surface area contributed by atoms with E-state index in [2.05, 4.69) is 9.97 Å². The average molecular weight is 220 g/mol. The number of fused-ring (bicyclic) bond motifs is 1. The van der Waals surface area contributed by atoms with Crippen molar-refractivity contribution in [3.63, 3.8) is 0 Å². The van der Waals surface area contributed by atoms with Crippen LogP contribution in [0.4, 0.5) is 0 Å². The highest BCUT2D eigenvalue weighted by Gasteiger charge is 2.19. The van der Waals surface area contributed by atoms with Crippen molar-refractivity contribution in [1.82, 2.24) is 9.97 Å². The lowest BCUT2D eigenvalue weighted by Gasteiger charge is -2.21. The number of phenolic OH excluding ortho intramolecular Hbond substituents is 1. The van der Waals surface area contributed by atoms with Crippen molar-refractivity contribution in [2.75, 3.05) is 7.11 Å². The molecule has 2 N–H and O–H groups in total. The van der Waals surface area contributed by atoms with Gasteiger partial charge in [0, 0.05) is 19.6 Å². The number of nitrogens with one attached hydrogen (secondary N) is 1. The molecule has 0 bridgehead atoms. The lowest BCUT2D eigenvalue weighted by atomic mass is 10.1. The van der Waals surface area contributed by atoms with Crippen LogP contribution in [0.5, 0.6) is 5.75 Å². The Hall–Kier alpha value is -1.55. The van der Waals surface area contributed by atoms with Gasteiger partial charge in [-0.05, 0) is 26.0 Å². The van der Waals surface area contributed by atoms with Crippen LogP contribution in [0, 0.1) is 0 Å². The molecule has 16 heavy (non-hydrogen) atoms. The van der Waals surface area contributed by atoms with E-state index in [1.165, 1.54) is 0 Å². The lowest BCUT2D eigenvalue weighted by Crippen LogP contribution is -2.26. The van der Waals surface area contributed by atoms with E-state index in [1.807, 2.05) is 13.8 Å². The van der Waals surface area contributed by atoms with Crippen LogP contribution in [0.15, 0.2) is 18.2 Å². The average Bonchev–Trinajstić information content (AvgIpc) is 2.58. The van der Waals surface area contributed by atoms with Crippen molar-refractivity contribution >= 4 is 11.0 Å². The van der Waals surface area contributed by atoms with E-state index >= 15 is 0 Å². The Kier molecular flexibility index (Phi) is 2.59. The molecule has 0 aliphatic carbocycles. The second kappa shape index (κ2) is 3.79. The van der Waals surface area contributed by atoms with E-state index in [4.69, 9.17) is 4.74 Å². The van der Waals surface area contributed by atoms with Crippen molar-refractivity contribution < 1.29 is 9.84 Å². The van der Waals surface area contributed by atoms with Gasteiger partial charge in [0.1, 0.15) is 11.6 Å². The minimum absolute atomic E-state index is 0.240. The Balaban J connectivity index is 2.33. The van der Waals surface area contributed by atoms with Gasteiger partial charge in [-0.2, -0.15) is 0 Å². The normalized spacial score (nSPS) is 12.2. The minimum Gasteiger partial charge on any atom is -0.508 e. The molecule has 0 amide bonds. The Morgan fingerprint density at radius 1 is 1.44 bits per heavy atom. The summed E-state index contributed by atoms with van der Waals surface area (Å²) in [4.78, 5) is 7.62. The van der Waals surface area contributed by atoms with E-state index in [9.17, 15) is 5.11 Å². The predicted molar refractivity (Wildman–Crippen MR) is 62.6 cm³/mol. The summed E-state index contributed by atoms with van der Waals surface area (Å²) in [5.74, 6) is 1.11. The molecular formula is C12H16N2O2. The maximum atomic E-state index is 9.35. The number of benzene rings is 1. The first-order valence-corrected chi connectivity index (χ1v) is 5.23. The van der Waals surface area contributed by atoms with Gasteiger partial charge in [0.05, 0.1) is 16.6 Å². The molecule has 0 fully saturated rings. The number of aromatic nitrogens is 2. The number of imidazole rings is 1. The topological polar surface area (TPSA) is 58.1 Å². The van der Waals surface area contributed by atoms with E-state index in [0.29, 0.717) is 6.42 Å². The zero-order chi connectivity index (χ0) is 11.8. The van der Waals surface area contributed by atoms with Crippen molar-refractivity contribution in [1.29, 1.82) is 0 Å². The van der Waals surface area contributed by atoms with Crippen LogP contribution in [-0.2, 0) is 11.2 Å². The molecule has 0 aliphatic rings. The molecule has 0 aliphatic heterocycles. The fourth-order valence-corrected chi connectivity index (χ4v) is 1.61. The summed E-state index contributed by atoms with van der Waals surface area (Å²) in [6.07, 6.45) is 0.707. The Bertz CT molecular complexity index is 503. The number of phenols is 1. The molecule has 0 saturated carbocycles. The summed E-state index contributed by atoms with van der Waals surface area (Å²) < 4.78 is 5.35. The molecular weight excluding hydrogens is 204 g/mol. The van der Waals surface area contributed by atoms with Crippen LogP contribution in [0.25, 0.3) is 11.0 Å². The molecule has 2 aromatic rings. The third-order valence-corrected chi connectivity index (χ3v) is 2.66. The molecule has 1 aromatic heterocycles. The summed E-state index contributed by atoms with van der Waals surface area (Å²) in [6.45, 7) is 4.02. The standard InChI is InChI=1S/C12H16N2O2/c1-12(2,16-3)7-11-13-9-5-4-8(15)6-10(9)14-11/h4-6,15H,7H2,1-3H3,(H,13,14). The van der Waals surface area contributed by atoms with Crippen LogP contribution in [0.2, 0.25) is 0 Å². The van der Waals surface area contributed by atoms with Crippen molar-refractivity contribution in [3.05, 3.63) is 24.0 Å². The highest BCUT2D eigenvalue weighted by Crippen LogP contribution is 2.20. The number of aromatic hydroxyl groups is 1. The molecule has 0 spiro atoms. The van der Waals surface area contributed by atoms with Gasteiger partial charge in [-0.25, -0.2) is 4.98 Å². The third-order valence-electron chi connectivity index (χ3n) is 2.66. The molecule has 0 saturated heterocycles. The fraction of sp³-hybridized carbons (Fsp3) is 0.417. The quantitative estimate of drug-likeness (QED) is 0.834. The van der Waals surface area contributed by atoms with Crippen LogP contribution < -0.4 is 0 Å². The van der Waals surface area contributed by atoms with Gasteiger partial charge in [0.25, 0.3) is 0 Å². The number of H-pyrrole nitrogens is 1. The smallest absolute Gasteiger partial charge is 0.117 e. The van der Waals surface area contributed by atoms with E-state index < -0.39 is 0 Å². The van der Waals surface area contributed by atoms with Gasteiger partial charge >= 0.3 is 0 Å². The minimum atomic E-state index is -0.240. The first kappa shape index (κ1) is 11.0. The highest BCUT2D eigenvalue weighted by molar-refractivity contribution is 5.76. The third kappa shape index (κ3) is 2.17. The second-order valence-corrected chi connectivity index (χ2v) is 4.53. The summed E-state index contributed by atoms with van der Waals surface area (Å²) in [6, 6.07) is 5.10. The Morgan fingerprint density at radius 2 is 2.19 bits per heavy atom. The summed E-state index contributed by atoms with van der Waals surface area (Å²) in [7, 11) is 1.69. The van der Waals surface area contributed by atoms with Gasteiger partial charge in [-0.1, -0.05) is 0 Å². The van der Waals surface area contributed by atoms with Gasteiger partial charge < -0.3 is 14.8 Å². The maximum absolute atomic E-state index is 9.35. The maximum Gasteiger partial charge on any atom is 0.117 e. The van der Waals surface area contributed by atoms with Crippen molar-refractivity contribution in [3.8, 4) is 5.75 Å². The van der Waals surface area contributed by atoms with E-state index in [-0.39, 0.29) is 11.4 Å². The molecule has 2 rings (SSSR count). The molecule has 0 atom stereocenters. The summed E-state index contributed by atoms with van der Waals surface area (Å²) in [5, 5.41) is 9.35. The monoisotopic (exact) mass is 220 g/mol. The lowest BCUT2D eigenvalue weighted by molar-refractivity contribution is 0.0218. The van der Waals surface area contributed by atoms with Crippen LogP contribution >= 0.6 is 0 Å². The van der Waals surface area contributed by atoms with Crippen LogP contribution in [0.3, 0.4) is 0 Å². The second-order valence-electron chi connectivity index (χ2n) is 4.53. The van der Waals surface area contributed by atoms with Gasteiger partial charge in [0.15, 0.2) is 0 Å². The number of hydrogen-bond acceptors (Lipinski definition) is 3. The molecule has 1 aromatic carbocycles. The highest BCUT2D eigenvalue weighted by atomic mass is 16.5. The van der Waals surface area contributed by atoms with Gasteiger partial charge in [-0.3, -0.25) is 0 Å². The number of aromatic amines is 1. The number of ether oxygens (including phenoxy) is 1. The molecule has 0 radical (unpaired) electrons. The number of hydrogen-bond donors (Lipinski definition) is 2. The van der Waals surface area contributed by atoms with Crippen LogP contribution in [-0.4, -0.2) is 27.8 Å². The fourth-order valence-electron chi connectivity index (χ4n) is 1.61.